The fourth-order valence-corrected chi connectivity index (χ4v) is 1.94. The van der Waals surface area contributed by atoms with Gasteiger partial charge < -0.3 is 21.9 Å². The Hall–Kier alpha value is -2.76. The minimum atomic E-state index is -0.700. The van der Waals surface area contributed by atoms with Crippen LogP contribution in [0, 0.1) is 5.82 Å². The van der Waals surface area contributed by atoms with Gasteiger partial charge in [-0.1, -0.05) is 12.1 Å². The Balaban J connectivity index is 2.04. The number of phenolic OH excluding ortho intramolecular Hbond substituents is 1. The van der Waals surface area contributed by atoms with E-state index in [0.717, 1.165) is 11.6 Å². The molecule has 2 rings (SSSR count). The molecule has 0 saturated carbocycles. The number of primary amides is 1. The average molecular weight is 289 g/mol. The highest BCUT2D eigenvalue weighted by Gasteiger charge is 2.11. The Bertz CT molecular complexity index is 657. The van der Waals surface area contributed by atoms with Crippen LogP contribution in [0.2, 0.25) is 0 Å². The fourth-order valence-electron chi connectivity index (χ4n) is 1.94. The van der Waals surface area contributed by atoms with Crippen molar-refractivity contribution in [3.05, 3.63) is 53.3 Å². The second-order valence-corrected chi connectivity index (χ2v) is 4.63. The van der Waals surface area contributed by atoms with Crippen LogP contribution in [0.15, 0.2) is 36.4 Å². The van der Waals surface area contributed by atoms with Gasteiger partial charge in [0.1, 0.15) is 11.6 Å². The predicted molar refractivity (Wildman–Crippen MR) is 79.6 cm³/mol. The molecule has 6 N–H and O–H groups in total. The fraction of sp³-hybridized carbons (Fsp3) is 0.133. The zero-order valence-corrected chi connectivity index (χ0v) is 11.3. The van der Waals surface area contributed by atoms with Gasteiger partial charge >= 0.3 is 0 Å². The molecule has 0 unspecified atom stereocenters. The summed E-state index contributed by atoms with van der Waals surface area (Å²) in [5, 5.41) is 12.1. The first-order valence-electron chi connectivity index (χ1n) is 6.38. The van der Waals surface area contributed by atoms with Gasteiger partial charge in [0.15, 0.2) is 0 Å². The van der Waals surface area contributed by atoms with Crippen molar-refractivity contribution in [2.45, 2.75) is 6.42 Å². The Kier molecular flexibility index (Phi) is 4.27. The molecule has 1 amide bonds. The quantitative estimate of drug-likeness (QED) is 0.631. The minimum Gasteiger partial charge on any atom is -0.508 e. The van der Waals surface area contributed by atoms with Gasteiger partial charge in [0.05, 0.1) is 11.3 Å². The molecule has 2 aromatic carbocycles. The minimum absolute atomic E-state index is 0.0177. The number of amides is 1. The number of carbonyl (C=O) groups is 1. The third-order valence-corrected chi connectivity index (χ3v) is 3.07. The number of aromatic hydroxyl groups is 1. The molecule has 21 heavy (non-hydrogen) atoms. The first kappa shape index (κ1) is 14.6. The van der Waals surface area contributed by atoms with Crippen LogP contribution in [0.1, 0.15) is 15.9 Å². The molecule has 0 aliphatic rings. The van der Waals surface area contributed by atoms with Crippen LogP contribution in [-0.2, 0) is 6.42 Å². The number of anilines is 2. The van der Waals surface area contributed by atoms with Crippen LogP contribution in [-0.4, -0.2) is 17.6 Å². The highest BCUT2D eigenvalue weighted by Crippen LogP contribution is 2.22. The summed E-state index contributed by atoms with van der Waals surface area (Å²) in [6.45, 7) is 0.462. The lowest BCUT2D eigenvalue weighted by Crippen LogP contribution is -2.15. The Morgan fingerprint density at radius 2 is 1.90 bits per heavy atom. The van der Waals surface area contributed by atoms with Crippen LogP contribution in [0.3, 0.4) is 0 Å². The molecule has 0 fully saturated rings. The summed E-state index contributed by atoms with van der Waals surface area (Å²) in [6, 6.07) is 9.12. The third kappa shape index (κ3) is 3.62. The van der Waals surface area contributed by atoms with E-state index in [1.807, 2.05) is 0 Å². The first-order chi connectivity index (χ1) is 9.97. The van der Waals surface area contributed by atoms with E-state index in [-0.39, 0.29) is 22.7 Å². The number of hydrogen-bond acceptors (Lipinski definition) is 4. The number of nitrogens with one attached hydrogen (secondary N) is 1. The monoisotopic (exact) mass is 289 g/mol. The molecule has 6 heteroatoms. The summed E-state index contributed by atoms with van der Waals surface area (Å²) in [5.41, 5.74) is 12.0. The number of phenols is 1. The van der Waals surface area contributed by atoms with E-state index in [2.05, 4.69) is 5.32 Å². The van der Waals surface area contributed by atoms with E-state index in [4.69, 9.17) is 11.5 Å². The number of nitrogen functional groups attached to an aromatic ring is 1. The molecule has 5 nitrogen and oxygen atoms in total. The van der Waals surface area contributed by atoms with E-state index in [0.29, 0.717) is 13.0 Å². The molecule has 0 aromatic heterocycles. The molecule has 0 saturated heterocycles. The highest BCUT2D eigenvalue weighted by molar-refractivity contribution is 5.99. The van der Waals surface area contributed by atoms with Gasteiger partial charge in [0, 0.05) is 12.2 Å². The van der Waals surface area contributed by atoms with Crippen molar-refractivity contribution in [2.24, 2.45) is 5.73 Å². The molecule has 0 spiro atoms. The number of halogens is 1. The molecule has 0 bridgehead atoms. The van der Waals surface area contributed by atoms with Crippen molar-refractivity contribution in [1.82, 2.24) is 0 Å². The molecule has 110 valence electrons. The van der Waals surface area contributed by atoms with Crippen LogP contribution < -0.4 is 16.8 Å². The van der Waals surface area contributed by atoms with E-state index in [9.17, 15) is 14.3 Å². The average Bonchev–Trinajstić information content (AvgIpc) is 2.43. The standard InChI is InChI=1S/C15H16FN3O2/c16-12-8-13(17)11(15(18)21)7-14(12)19-6-5-9-1-3-10(20)4-2-9/h1-4,7-8,19-20H,5-6,17H2,(H2,18,21). The topological polar surface area (TPSA) is 101 Å². The van der Waals surface area contributed by atoms with Gasteiger partial charge in [-0.05, 0) is 36.2 Å². The summed E-state index contributed by atoms with van der Waals surface area (Å²) in [4.78, 5) is 11.2. The molecule has 0 heterocycles. The largest absolute Gasteiger partial charge is 0.508 e. The Morgan fingerprint density at radius 1 is 1.24 bits per heavy atom. The Morgan fingerprint density at radius 3 is 2.52 bits per heavy atom. The van der Waals surface area contributed by atoms with E-state index in [1.54, 1.807) is 24.3 Å². The van der Waals surface area contributed by atoms with Crippen LogP contribution in [0.5, 0.6) is 5.75 Å². The van der Waals surface area contributed by atoms with Gasteiger partial charge in [-0.25, -0.2) is 4.39 Å². The number of hydrogen-bond donors (Lipinski definition) is 4. The van der Waals surface area contributed by atoms with Crippen molar-refractivity contribution in [3.63, 3.8) is 0 Å². The maximum Gasteiger partial charge on any atom is 0.250 e. The first-order valence-corrected chi connectivity index (χ1v) is 6.38. The summed E-state index contributed by atoms with van der Waals surface area (Å²) in [5.74, 6) is -1.04. The van der Waals surface area contributed by atoms with Crippen LogP contribution in [0.4, 0.5) is 15.8 Å². The smallest absolute Gasteiger partial charge is 0.250 e. The van der Waals surface area contributed by atoms with Crippen molar-refractivity contribution >= 4 is 17.3 Å². The summed E-state index contributed by atoms with van der Waals surface area (Å²) in [6.07, 6.45) is 0.635. The van der Waals surface area contributed by atoms with Gasteiger partial charge in [0.25, 0.3) is 5.91 Å². The second-order valence-electron chi connectivity index (χ2n) is 4.63. The third-order valence-electron chi connectivity index (χ3n) is 3.07. The number of nitrogens with two attached hydrogens (primary N) is 2. The zero-order chi connectivity index (χ0) is 15.4. The van der Waals surface area contributed by atoms with E-state index in [1.165, 1.54) is 6.07 Å². The highest BCUT2D eigenvalue weighted by atomic mass is 19.1. The van der Waals surface area contributed by atoms with Crippen LogP contribution in [0.25, 0.3) is 0 Å². The Labute approximate surface area is 121 Å². The van der Waals surface area contributed by atoms with Gasteiger partial charge in [0.2, 0.25) is 0 Å². The maximum atomic E-state index is 13.7. The SMILES string of the molecule is NC(=O)c1cc(NCCc2ccc(O)cc2)c(F)cc1N. The maximum absolute atomic E-state index is 13.7. The molecule has 2 aromatic rings. The molecule has 0 radical (unpaired) electrons. The number of carbonyl (C=O) groups excluding carboxylic acids is 1. The van der Waals surface area contributed by atoms with Crippen molar-refractivity contribution in [2.75, 3.05) is 17.6 Å². The van der Waals surface area contributed by atoms with Gasteiger partial charge in [-0.2, -0.15) is 0 Å². The number of rotatable bonds is 5. The predicted octanol–water partition coefficient (Wildman–Crippen LogP) is 1.87. The lowest BCUT2D eigenvalue weighted by molar-refractivity contribution is 0.100. The van der Waals surface area contributed by atoms with Crippen LogP contribution >= 0.6 is 0 Å². The molecular weight excluding hydrogens is 273 g/mol. The number of benzene rings is 2. The van der Waals surface area contributed by atoms with Gasteiger partial charge in [-0.3, -0.25) is 4.79 Å². The summed E-state index contributed by atoms with van der Waals surface area (Å²) >= 11 is 0. The lowest BCUT2D eigenvalue weighted by atomic mass is 10.1. The lowest BCUT2D eigenvalue weighted by Gasteiger charge is -2.10. The molecule has 0 aliphatic heterocycles. The van der Waals surface area contributed by atoms with Crippen molar-refractivity contribution < 1.29 is 14.3 Å². The molecular formula is C15H16FN3O2. The van der Waals surface area contributed by atoms with Crippen molar-refractivity contribution in [1.29, 1.82) is 0 Å². The summed E-state index contributed by atoms with van der Waals surface area (Å²) in [7, 11) is 0. The van der Waals surface area contributed by atoms with E-state index < -0.39 is 11.7 Å². The zero-order valence-electron chi connectivity index (χ0n) is 11.3. The van der Waals surface area contributed by atoms with Crippen molar-refractivity contribution in [3.8, 4) is 5.75 Å². The van der Waals surface area contributed by atoms with Gasteiger partial charge in [-0.15, -0.1) is 0 Å². The molecule has 0 aliphatic carbocycles. The second kappa shape index (κ2) is 6.13. The summed E-state index contributed by atoms with van der Waals surface area (Å²) < 4.78 is 13.7. The normalized spacial score (nSPS) is 10.3. The molecule has 0 atom stereocenters. The van der Waals surface area contributed by atoms with E-state index >= 15 is 0 Å².